The van der Waals surface area contributed by atoms with Crippen LogP contribution in [0.4, 0.5) is 5.69 Å². The molecule has 2 bridgehead atoms. The lowest BCUT2D eigenvalue weighted by Gasteiger charge is -2.18. The van der Waals surface area contributed by atoms with Crippen LogP contribution in [0.1, 0.15) is 12.0 Å². The number of carbonyl (C=O) groups excluding carboxylic acids is 3. The van der Waals surface area contributed by atoms with Gasteiger partial charge in [0.15, 0.2) is 5.96 Å². The minimum atomic E-state index is -0.252. The lowest BCUT2D eigenvalue weighted by Crippen LogP contribution is -2.45. The minimum absolute atomic E-state index is 0.000702. The summed E-state index contributed by atoms with van der Waals surface area (Å²) in [6, 6.07) is 7.03. The Morgan fingerprint density at radius 3 is 2.55 bits per heavy atom. The maximum atomic E-state index is 12.7. The predicted molar refractivity (Wildman–Crippen MR) is 117 cm³/mol. The molecule has 2 fully saturated rings. The summed E-state index contributed by atoms with van der Waals surface area (Å²) >= 11 is 0. The molecule has 1 heterocycles. The normalized spacial score (nSPS) is 26.1. The Balaban J connectivity index is 1.22. The van der Waals surface area contributed by atoms with Crippen molar-refractivity contribution in [2.24, 2.45) is 28.7 Å². The van der Waals surface area contributed by atoms with Gasteiger partial charge in [-0.25, -0.2) is 0 Å². The Morgan fingerprint density at radius 1 is 1.19 bits per heavy atom. The maximum absolute atomic E-state index is 12.7. The third-order valence-electron chi connectivity index (χ3n) is 6.14. The number of terminal acetylenes is 1. The van der Waals surface area contributed by atoms with Crippen LogP contribution in [0.5, 0.6) is 0 Å². The molecule has 1 aromatic rings. The van der Waals surface area contributed by atoms with Gasteiger partial charge in [-0.05, 0) is 36.5 Å². The number of aliphatic imine (C=N–C) groups is 1. The van der Waals surface area contributed by atoms with E-state index in [9.17, 15) is 14.4 Å². The molecule has 0 radical (unpaired) electrons. The van der Waals surface area contributed by atoms with Gasteiger partial charge in [0, 0.05) is 31.4 Å². The summed E-state index contributed by atoms with van der Waals surface area (Å²) in [5.74, 6) is 2.60. The average Bonchev–Trinajstić information content (AvgIpc) is 3.45. The van der Waals surface area contributed by atoms with Crippen molar-refractivity contribution < 1.29 is 14.4 Å². The smallest absolute Gasteiger partial charge is 0.243 e. The largest absolute Gasteiger partial charge is 0.355 e. The fourth-order valence-electron chi connectivity index (χ4n) is 4.75. The number of anilines is 1. The van der Waals surface area contributed by atoms with E-state index in [-0.39, 0.29) is 54.5 Å². The van der Waals surface area contributed by atoms with E-state index in [1.54, 1.807) is 31.3 Å². The van der Waals surface area contributed by atoms with Gasteiger partial charge in [0.1, 0.15) is 0 Å². The quantitative estimate of drug-likeness (QED) is 0.206. The van der Waals surface area contributed by atoms with Crippen LogP contribution in [0.2, 0.25) is 0 Å². The van der Waals surface area contributed by atoms with E-state index in [4.69, 9.17) is 6.42 Å². The van der Waals surface area contributed by atoms with E-state index in [2.05, 4.69) is 39.0 Å². The molecule has 3 aliphatic rings. The summed E-state index contributed by atoms with van der Waals surface area (Å²) in [7, 11) is 1.59. The highest BCUT2D eigenvalue weighted by Gasteiger charge is 2.58. The highest BCUT2D eigenvalue weighted by molar-refractivity contribution is 6.06. The molecule has 1 aliphatic heterocycles. The second-order valence-corrected chi connectivity index (χ2v) is 7.95. The highest BCUT2D eigenvalue weighted by atomic mass is 16.2. The van der Waals surface area contributed by atoms with Crippen molar-refractivity contribution in [3.63, 3.8) is 0 Å². The van der Waals surface area contributed by atoms with Gasteiger partial charge in [-0.15, -0.1) is 6.42 Å². The topological polar surface area (TPSA) is 103 Å². The molecular weight excluding hydrogens is 394 g/mol. The molecule has 160 valence electrons. The highest BCUT2D eigenvalue weighted by Crippen LogP contribution is 2.52. The summed E-state index contributed by atoms with van der Waals surface area (Å²) < 4.78 is 0. The zero-order valence-corrected chi connectivity index (χ0v) is 17.3. The summed E-state index contributed by atoms with van der Waals surface area (Å²) in [5.41, 5.74) is 1.30. The van der Waals surface area contributed by atoms with Crippen LogP contribution in [0.25, 0.3) is 0 Å². The molecule has 1 saturated heterocycles. The number of benzene rings is 1. The number of nitrogens with one attached hydrogen (secondary N) is 3. The first-order valence-electron chi connectivity index (χ1n) is 10.4. The van der Waals surface area contributed by atoms with Crippen LogP contribution in [0, 0.1) is 36.0 Å². The lowest BCUT2D eigenvalue weighted by atomic mass is 9.85. The second kappa shape index (κ2) is 8.64. The van der Waals surface area contributed by atoms with Gasteiger partial charge in [-0.3, -0.25) is 24.3 Å². The first kappa shape index (κ1) is 20.7. The van der Waals surface area contributed by atoms with Crippen molar-refractivity contribution in [1.82, 2.24) is 15.5 Å². The number of carbonyl (C=O) groups is 3. The third kappa shape index (κ3) is 4.04. The van der Waals surface area contributed by atoms with Crippen LogP contribution in [0.15, 0.2) is 41.4 Å². The number of amides is 3. The van der Waals surface area contributed by atoms with Gasteiger partial charge in [-0.2, -0.15) is 0 Å². The first-order valence-corrected chi connectivity index (χ1v) is 10.4. The molecule has 2 aliphatic carbocycles. The molecule has 3 amide bonds. The maximum Gasteiger partial charge on any atom is 0.243 e. The number of likely N-dealkylation sites (tertiary alicyclic amines) is 1. The molecule has 4 unspecified atom stereocenters. The zero-order chi connectivity index (χ0) is 22.0. The van der Waals surface area contributed by atoms with Crippen molar-refractivity contribution in [1.29, 1.82) is 0 Å². The summed E-state index contributed by atoms with van der Waals surface area (Å²) in [6.45, 7) is 0.627. The van der Waals surface area contributed by atoms with Crippen molar-refractivity contribution in [2.45, 2.75) is 6.42 Å². The van der Waals surface area contributed by atoms with Crippen LogP contribution in [-0.2, 0) is 14.4 Å². The van der Waals surface area contributed by atoms with E-state index in [0.717, 1.165) is 6.42 Å². The molecule has 0 aromatic heterocycles. The number of fused-ring (bicyclic) bond motifs is 5. The fourth-order valence-corrected chi connectivity index (χ4v) is 4.75. The SMILES string of the molecule is C#Cc1cccc(NC(=O)CNC(=NC)NCCN2C(=O)C3C4C=CC(C4)C3C2=O)c1. The van der Waals surface area contributed by atoms with Crippen molar-refractivity contribution in [2.75, 3.05) is 32.0 Å². The van der Waals surface area contributed by atoms with Crippen molar-refractivity contribution in [3.05, 3.63) is 42.0 Å². The van der Waals surface area contributed by atoms with Gasteiger partial charge in [-0.1, -0.05) is 24.1 Å². The first-order chi connectivity index (χ1) is 15.0. The summed E-state index contributed by atoms with van der Waals surface area (Å²) in [5, 5.41) is 8.73. The van der Waals surface area contributed by atoms with E-state index < -0.39 is 0 Å². The number of allylic oxidation sites excluding steroid dienone is 2. The standard InChI is InChI=1S/C23H25N5O3/c1-3-14-5-4-6-17(11-14)27-18(29)13-26-23(24-2)25-9-10-28-21(30)19-15-7-8-16(12-15)20(19)22(28)31/h1,4-8,11,15-16,19-20H,9-10,12-13H2,2H3,(H,27,29)(H2,24,25,26). The van der Waals surface area contributed by atoms with Gasteiger partial charge in [0.2, 0.25) is 17.7 Å². The minimum Gasteiger partial charge on any atom is -0.355 e. The molecule has 0 spiro atoms. The van der Waals surface area contributed by atoms with Crippen LogP contribution in [0.3, 0.4) is 0 Å². The molecule has 4 atom stereocenters. The van der Waals surface area contributed by atoms with Gasteiger partial charge >= 0.3 is 0 Å². The molecular formula is C23H25N5O3. The van der Waals surface area contributed by atoms with Gasteiger partial charge in [0.05, 0.1) is 18.4 Å². The van der Waals surface area contributed by atoms with Gasteiger partial charge in [0.25, 0.3) is 0 Å². The van der Waals surface area contributed by atoms with Crippen LogP contribution < -0.4 is 16.0 Å². The number of hydrogen-bond donors (Lipinski definition) is 3. The van der Waals surface area contributed by atoms with Crippen LogP contribution >= 0.6 is 0 Å². The molecule has 1 aromatic carbocycles. The Kier molecular flexibility index (Phi) is 5.76. The molecule has 1 saturated carbocycles. The summed E-state index contributed by atoms with van der Waals surface area (Å²) in [6.07, 6.45) is 10.5. The summed E-state index contributed by atoms with van der Waals surface area (Å²) in [4.78, 5) is 43.0. The molecule has 8 heteroatoms. The number of hydrogen-bond acceptors (Lipinski definition) is 4. The van der Waals surface area contributed by atoms with E-state index in [1.165, 1.54) is 4.90 Å². The Labute approximate surface area is 181 Å². The fraction of sp³-hybridized carbons (Fsp3) is 0.391. The molecule has 4 rings (SSSR count). The number of guanidine groups is 1. The monoisotopic (exact) mass is 419 g/mol. The average molecular weight is 419 g/mol. The zero-order valence-electron chi connectivity index (χ0n) is 17.3. The Hall–Kier alpha value is -3.60. The van der Waals surface area contributed by atoms with Crippen molar-refractivity contribution >= 4 is 29.4 Å². The van der Waals surface area contributed by atoms with Crippen LogP contribution in [-0.4, -0.2) is 55.3 Å². The number of nitrogens with zero attached hydrogens (tertiary/aromatic N) is 2. The molecule has 3 N–H and O–H groups in total. The van der Waals surface area contributed by atoms with E-state index >= 15 is 0 Å². The van der Waals surface area contributed by atoms with E-state index in [1.807, 2.05) is 0 Å². The number of imide groups is 1. The number of rotatable bonds is 6. The Bertz CT molecular complexity index is 979. The Morgan fingerprint density at radius 2 is 1.90 bits per heavy atom. The van der Waals surface area contributed by atoms with Gasteiger partial charge < -0.3 is 16.0 Å². The molecule has 31 heavy (non-hydrogen) atoms. The van der Waals surface area contributed by atoms with Crippen molar-refractivity contribution in [3.8, 4) is 12.3 Å². The lowest BCUT2D eigenvalue weighted by molar-refractivity contribution is -0.140. The second-order valence-electron chi connectivity index (χ2n) is 7.95. The third-order valence-corrected chi connectivity index (χ3v) is 6.14. The predicted octanol–water partition coefficient (Wildman–Crippen LogP) is 0.579. The van der Waals surface area contributed by atoms with E-state index in [0.29, 0.717) is 23.8 Å². The molecule has 8 nitrogen and oxygen atoms in total.